The van der Waals surface area contributed by atoms with E-state index in [4.69, 9.17) is 0 Å². The normalized spacial score (nSPS) is 11.3. The minimum Gasteiger partial charge on any atom is -0.292 e. The van der Waals surface area contributed by atoms with Gasteiger partial charge in [0.05, 0.1) is 0 Å². The summed E-state index contributed by atoms with van der Waals surface area (Å²) >= 11 is 0. The molecule has 2 aromatic rings. The molecule has 0 fully saturated rings. The summed E-state index contributed by atoms with van der Waals surface area (Å²) < 4.78 is 0. The molecule has 0 saturated carbocycles. The van der Waals surface area contributed by atoms with Crippen molar-refractivity contribution in [1.29, 1.82) is 0 Å². The van der Waals surface area contributed by atoms with Crippen LogP contribution < -0.4 is 10.6 Å². The molecule has 0 unspecified atom stereocenters. The quantitative estimate of drug-likeness (QED) is 0.780. The highest BCUT2D eigenvalue weighted by atomic mass is 16.1. The molecule has 1 aromatic carbocycles. The number of carbonyl (C=O) groups is 1. The Labute approximate surface area is 103 Å². The standard InChI is InChI=1S/C12H7N5O/c18-12(8-4-2-1-3-5-8)17-11-9-10(14-6-13-9)15-7-16-11/h1-5,7H,(H-,13,14,15,16,17,18)/p+1. The average Bonchev–Trinajstić information content (AvgIpc) is 2.89. The number of aliphatic imine (C=N–C) groups is 1. The van der Waals surface area contributed by atoms with Crippen molar-refractivity contribution in [3.63, 3.8) is 0 Å². The fraction of sp³-hybridized carbons (Fsp3) is 0. The SMILES string of the molecule is O=C(Nc1ncnc2c1N=[C+]N2)c1ccccc1. The number of aromatic nitrogens is 2. The maximum Gasteiger partial charge on any atom is 0.320 e. The monoisotopic (exact) mass is 238 g/mol. The second kappa shape index (κ2) is 4.20. The molecule has 0 saturated heterocycles. The Balaban J connectivity index is 1.88. The van der Waals surface area contributed by atoms with Crippen molar-refractivity contribution in [2.24, 2.45) is 4.99 Å². The van der Waals surface area contributed by atoms with Crippen LogP contribution >= 0.6 is 0 Å². The molecule has 1 aliphatic rings. The van der Waals surface area contributed by atoms with Gasteiger partial charge in [-0.25, -0.2) is 4.98 Å². The zero-order chi connectivity index (χ0) is 12.4. The third-order valence-electron chi connectivity index (χ3n) is 2.43. The molecule has 86 valence electrons. The first-order chi connectivity index (χ1) is 8.84. The third kappa shape index (κ3) is 1.77. The molecule has 1 aromatic heterocycles. The van der Waals surface area contributed by atoms with E-state index in [1.54, 1.807) is 24.3 Å². The molecule has 1 amide bonds. The number of fused-ring (bicyclic) bond motifs is 1. The van der Waals surface area contributed by atoms with E-state index in [0.29, 0.717) is 22.9 Å². The van der Waals surface area contributed by atoms with E-state index in [1.807, 2.05) is 6.07 Å². The highest BCUT2D eigenvalue weighted by Gasteiger charge is 2.27. The molecule has 0 radical (unpaired) electrons. The summed E-state index contributed by atoms with van der Waals surface area (Å²) in [5, 5.41) is 5.43. The van der Waals surface area contributed by atoms with Crippen LogP contribution in [0.15, 0.2) is 41.7 Å². The van der Waals surface area contributed by atoms with E-state index in [1.165, 1.54) is 6.33 Å². The first-order valence-electron chi connectivity index (χ1n) is 5.28. The van der Waals surface area contributed by atoms with Crippen LogP contribution in [-0.2, 0) is 0 Å². The van der Waals surface area contributed by atoms with Gasteiger partial charge in [0.25, 0.3) is 12.2 Å². The number of anilines is 2. The molecule has 6 heteroatoms. The molecule has 18 heavy (non-hydrogen) atoms. The van der Waals surface area contributed by atoms with E-state index in [-0.39, 0.29) is 5.91 Å². The molecule has 0 aliphatic carbocycles. The molecule has 1 aliphatic heterocycles. The average molecular weight is 238 g/mol. The maximum atomic E-state index is 12.0. The number of carbonyl (C=O) groups excluding carboxylic acids is 1. The molecule has 6 nitrogen and oxygen atoms in total. The number of rotatable bonds is 2. The van der Waals surface area contributed by atoms with Crippen LogP contribution in [0.2, 0.25) is 0 Å². The topological polar surface area (TPSA) is 79.3 Å². The Hall–Kier alpha value is -2.85. The second-order valence-corrected chi connectivity index (χ2v) is 3.59. The molecule has 0 spiro atoms. The minimum absolute atomic E-state index is 0.237. The Morgan fingerprint density at radius 1 is 1.22 bits per heavy atom. The van der Waals surface area contributed by atoms with Gasteiger partial charge in [-0.15, -0.1) is 4.98 Å². The van der Waals surface area contributed by atoms with Crippen molar-refractivity contribution < 1.29 is 4.79 Å². The molecule has 0 atom stereocenters. The van der Waals surface area contributed by atoms with Crippen molar-refractivity contribution in [2.45, 2.75) is 0 Å². The summed E-state index contributed by atoms with van der Waals surface area (Å²) in [6, 6.07) is 8.90. The van der Waals surface area contributed by atoms with Crippen molar-refractivity contribution in [3.8, 4) is 0 Å². The van der Waals surface area contributed by atoms with E-state index in [0.717, 1.165) is 0 Å². The Morgan fingerprint density at radius 3 is 2.89 bits per heavy atom. The molecule has 3 rings (SSSR count). The first-order valence-corrected chi connectivity index (χ1v) is 5.28. The van der Waals surface area contributed by atoms with Crippen LogP contribution in [0, 0.1) is 0 Å². The summed E-state index contributed by atoms with van der Waals surface area (Å²) in [4.78, 5) is 23.9. The highest BCUT2D eigenvalue weighted by molar-refractivity contribution is 6.06. The van der Waals surface area contributed by atoms with Gasteiger partial charge in [0, 0.05) is 5.56 Å². The molecular weight excluding hydrogens is 230 g/mol. The fourth-order valence-corrected chi connectivity index (χ4v) is 1.57. The van der Waals surface area contributed by atoms with Gasteiger partial charge in [0.2, 0.25) is 5.82 Å². The van der Waals surface area contributed by atoms with Gasteiger partial charge >= 0.3 is 11.5 Å². The van der Waals surface area contributed by atoms with Crippen molar-refractivity contribution in [3.05, 3.63) is 42.2 Å². The summed E-state index contributed by atoms with van der Waals surface area (Å²) in [7, 11) is 0. The van der Waals surface area contributed by atoms with Crippen LogP contribution in [0.1, 0.15) is 10.4 Å². The largest absolute Gasteiger partial charge is 0.320 e. The molecule has 2 heterocycles. The van der Waals surface area contributed by atoms with Crippen LogP contribution in [0.3, 0.4) is 0 Å². The minimum atomic E-state index is -0.237. The Bertz CT molecular complexity index is 624. The number of nitrogens with one attached hydrogen (secondary N) is 2. The lowest BCUT2D eigenvalue weighted by Gasteiger charge is -2.02. The van der Waals surface area contributed by atoms with Crippen LogP contribution in [0.4, 0.5) is 17.3 Å². The highest BCUT2D eigenvalue weighted by Crippen LogP contribution is 2.32. The second-order valence-electron chi connectivity index (χ2n) is 3.59. The summed E-state index contributed by atoms with van der Waals surface area (Å²) in [5.74, 6) is 0.665. The number of hydrogen-bond acceptors (Lipinski definition) is 5. The van der Waals surface area contributed by atoms with Gasteiger partial charge in [0.15, 0.2) is 0 Å². The van der Waals surface area contributed by atoms with E-state index in [2.05, 4.69) is 31.9 Å². The number of benzene rings is 1. The lowest BCUT2D eigenvalue weighted by molar-refractivity contribution is 0.102. The summed E-state index contributed by atoms with van der Waals surface area (Å²) in [6.07, 6.45) is 3.92. The van der Waals surface area contributed by atoms with Crippen molar-refractivity contribution >= 4 is 29.6 Å². The van der Waals surface area contributed by atoms with Crippen LogP contribution in [-0.4, -0.2) is 22.2 Å². The van der Waals surface area contributed by atoms with E-state index in [9.17, 15) is 4.79 Å². The first kappa shape index (κ1) is 10.3. The van der Waals surface area contributed by atoms with Crippen LogP contribution in [0.25, 0.3) is 0 Å². The number of hydrogen-bond donors (Lipinski definition) is 2. The Kier molecular flexibility index (Phi) is 2.40. The lowest BCUT2D eigenvalue weighted by Crippen LogP contribution is -2.13. The predicted octanol–water partition coefficient (Wildman–Crippen LogP) is 1.69. The van der Waals surface area contributed by atoms with Gasteiger partial charge in [-0.3, -0.25) is 10.1 Å². The number of nitrogens with zero attached hydrogens (tertiary/aromatic N) is 3. The number of amides is 1. The lowest BCUT2D eigenvalue weighted by atomic mass is 10.2. The zero-order valence-corrected chi connectivity index (χ0v) is 9.21. The summed E-state index contributed by atoms with van der Waals surface area (Å²) in [6.45, 7) is 0. The smallest absolute Gasteiger partial charge is 0.292 e. The zero-order valence-electron chi connectivity index (χ0n) is 9.21. The van der Waals surface area contributed by atoms with Crippen molar-refractivity contribution in [2.75, 3.05) is 10.6 Å². The van der Waals surface area contributed by atoms with Gasteiger partial charge in [-0.05, 0) is 17.1 Å². The molecule has 0 bridgehead atoms. The third-order valence-corrected chi connectivity index (χ3v) is 2.43. The predicted molar refractivity (Wildman–Crippen MR) is 67.1 cm³/mol. The van der Waals surface area contributed by atoms with Gasteiger partial charge in [0.1, 0.15) is 6.33 Å². The van der Waals surface area contributed by atoms with Crippen LogP contribution in [0.5, 0.6) is 0 Å². The van der Waals surface area contributed by atoms with Crippen molar-refractivity contribution in [1.82, 2.24) is 9.97 Å². The van der Waals surface area contributed by atoms with Gasteiger partial charge in [-0.2, -0.15) is 5.32 Å². The van der Waals surface area contributed by atoms with Gasteiger partial charge in [-0.1, -0.05) is 18.2 Å². The molecule has 2 N–H and O–H groups in total. The Morgan fingerprint density at radius 2 is 2.06 bits per heavy atom. The van der Waals surface area contributed by atoms with E-state index < -0.39 is 0 Å². The molecular formula is C12H8N5O+. The fourth-order valence-electron chi connectivity index (χ4n) is 1.57. The maximum absolute atomic E-state index is 12.0. The van der Waals surface area contributed by atoms with Gasteiger partial charge < -0.3 is 0 Å². The van der Waals surface area contributed by atoms with E-state index >= 15 is 0 Å². The summed E-state index contributed by atoms with van der Waals surface area (Å²) in [5.41, 5.74) is 1.05.